The number of carbonyl (C=O) groups is 3. The lowest BCUT2D eigenvalue weighted by Crippen LogP contribution is -2.81. The topological polar surface area (TPSA) is 105 Å². The van der Waals surface area contributed by atoms with Gasteiger partial charge in [0.2, 0.25) is 0 Å². The maximum Gasteiger partial charge on any atom is 0.352 e. The number of fused-ring (bicyclic) bond motifs is 1. The Kier molecular flexibility index (Phi) is 6.21. The number of nitrogens with zero attached hydrogens (tertiary/aromatic N) is 1. The van der Waals surface area contributed by atoms with Crippen LogP contribution in [0.25, 0.3) is 0 Å². The molecule has 2 amide bonds. The summed E-state index contributed by atoms with van der Waals surface area (Å²) in [6.45, 7) is -0.293. The molecule has 0 bridgehead atoms. The molecule has 2 aliphatic heterocycles. The van der Waals surface area contributed by atoms with Crippen molar-refractivity contribution in [2.24, 2.45) is 0 Å². The van der Waals surface area contributed by atoms with E-state index in [0.29, 0.717) is 22.8 Å². The maximum atomic E-state index is 12.9. The summed E-state index contributed by atoms with van der Waals surface area (Å²) in [6.07, 6.45) is 1.87. The minimum absolute atomic E-state index is 0.0226. The van der Waals surface area contributed by atoms with Gasteiger partial charge in [0.15, 0.2) is 6.61 Å². The molecule has 2 heterocycles. The van der Waals surface area contributed by atoms with E-state index in [-0.39, 0.29) is 12.3 Å². The third kappa shape index (κ3) is 3.59. The van der Waals surface area contributed by atoms with E-state index < -0.39 is 28.9 Å². The number of benzene rings is 1. The molecular formula is C18H20N2O6S2. The molecule has 1 unspecified atom stereocenters. The summed E-state index contributed by atoms with van der Waals surface area (Å²) in [7, 11) is 1.32. The number of amides is 2. The predicted molar refractivity (Wildman–Crippen MR) is 106 cm³/mol. The molecule has 8 nitrogen and oxygen atoms in total. The van der Waals surface area contributed by atoms with Crippen molar-refractivity contribution in [3.8, 4) is 5.75 Å². The number of rotatable bonds is 8. The highest BCUT2D eigenvalue weighted by Gasteiger charge is 2.66. The minimum Gasteiger partial charge on any atom is -0.484 e. The minimum atomic E-state index is -1.60. The Morgan fingerprint density at radius 3 is 2.71 bits per heavy atom. The number of aliphatic carboxylic acids is 1. The van der Waals surface area contributed by atoms with Gasteiger partial charge < -0.3 is 19.9 Å². The van der Waals surface area contributed by atoms with Crippen molar-refractivity contribution < 1.29 is 29.0 Å². The van der Waals surface area contributed by atoms with Gasteiger partial charge in [-0.2, -0.15) is 11.8 Å². The van der Waals surface area contributed by atoms with E-state index in [9.17, 15) is 19.5 Å². The second-order valence-electron chi connectivity index (χ2n) is 6.12. The molecule has 150 valence electrons. The molecule has 1 aromatic rings. The molecule has 0 saturated carbocycles. The molecule has 2 N–H and O–H groups in total. The van der Waals surface area contributed by atoms with Gasteiger partial charge in [0.25, 0.3) is 17.5 Å². The highest BCUT2D eigenvalue weighted by atomic mass is 32.2. The number of carbonyl (C=O) groups excluding carboxylic acids is 2. The summed E-state index contributed by atoms with van der Waals surface area (Å²) in [5.41, 5.74) is -0.948. The van der Waals surface area contributed by atoms with Gasteiger partial charge >= 0.3 is 5.97 Å². The zero-order chi connectivity index (χ0) is 20.3. The Bertz CT molecular complexity index is 816. The second kappa shape index (κ2) is 8.46. The van der Waals surface area contributed by atoms with Crippen molar-refractivity contribution in [2.45, 2.75) is 11.1 Å². The van der Waals surface area contributed by atoms with Crippen LogP contribution in [0, 0.1) is 0 Å². The first-order chi connectivity index (χ1) is 13.4. The third-order valence-corrected chi connectivity index (χ3v) is 6.40. The predicted octanol–water partition coefficient (Wildman–Crippen LogP) is 1.14. The van der Waals surface area contributed by atoms with E-state index in [1.54, 1.807) is 24.3 Å². The van der Waals surface area contributed by atoms with E-state index in [4.69, 9.17) is 9.47 Å². The number of ether oxygens (including phenoxy) is 2. The number of hydrogen-bond donors (Lipinski definition) is 2. The fourth-order valence-corrected chi connectivity index (χ4v) is 5.29. The van der Waals surface area contributed by atoms with Crippen LogP contribution < -0.4 is 10.1 Å². The molecular weight excluding hydrogens is 404 g/mol. The van der Waals surface area contributed by atoms with E-state index >= 15 is 0 Å². The number of hydrogen-bond acceptors (Lipinski definition) is 7. The van der Waals surface area contributed by atoms with E-state index in [0.717, 1.165) is 0 Å². The van der Waals surface area contributed by atoms with Crippen LogP contribution in [0.4, 0.5) is 0 Å². The van der Waals surface area contributed by atoms with E-state index in [1.165, 1.54) is 35.5 Å². The summed E-state index contributed by atoms with van der Waals surface area (Å²) in [4.78, 5) is 38.1. The van der Waals surface area contributed by atoms with E-state index in [1.807, 2.05) is 12.3 Å². The molecule has 1 fully saturated rings. The number of thioether (sulfide) groups is 2. The summed E-state index contributed by atoms with van der Waals surface area (Å²) < 4.78 is 10.8. The first-order valence-electron chi connectivity index (χ1n) is 8.38. The second-order valence-corrected chi connectivity index (χ2v) is 8.05. The molecule has 0 spiro atoms. The standard InChI is InChI=1S/C18H20N2O6S2/c1-25-18(19-13(21)8-26-12-6-4-3-5-7-12)16(24)20-14(15(22)23)11(9-27-2)10-28-17(18)20/h3-7,17H,8-10H2,1-2H3,(H,19,21)(H,22,23)/t17-,18?/m0/s1. The summed E-state index contributed by atoms with van der Waals surface area (Å²) in [5.74, 6) is -0.811. The van der Waals surface area contributed by atoms with Crippen molar-refractivity contribution in [3.63, 3.8) is 0 Å². The number of carboxylic acid groups (broad SMARTS) is 1. The highest BCUT2D eigenvalue weighted by molar-refractivity contribution is 8.00. The van der Waals surface area contributed by atoms with Gasteiger partial charge in [-0.3, -0.25) is 14.5 Å². The number of para-hydroxylation sites is 1. The molecule has 0 aromatic heterocycles. The SMILES string of the molecule is COC1(NC(=O)COc2ccccc2)C(=O)N2C(C(=O)O)=C(CSC)CS[C@H]21. The first-order valence-corrected chi connectivity index (χ1v) is 10.8. The quantitative estimate of drug-likeness (QED) is 0.473. The molecule has 2 aliphatic rings. The summed E-state index contributed by atoms with van der Waals surface area (Å²) in [5, 5.41) is 11.5. The van der Waals surface area contributed by atoms with Gasteiger partial charge in [-0.25, -0.2) is 4.79 Å². The van der Waals surface area contributed by atoms with Crippen LogP contribution in [0.3, 0.4) is 0 Å². The Labute approximate surface area is 170 Å². The largest absolute Gasteiger partial charge is 0.484 e. The molecule has 10 heteroatoms. The first kappa shape index (κ1) is 20.6. The lowest BCUT2D eigenvalue weighted by Gasteiger charge is -2.55. The van der Waals surface area contributed by atoms with Gasteiger partial charge in [-0.15, -0.1) is 11.8 Å². The molecule has 1 saturated heterocycles. The summed E-state index contributed by atoms with van der Waals surface area (Å²) >= 11 is 2.85. The van der Waals surface area contributed by atoms with Crippen molar-refractivity contribution in [3.05, 3.63) is 41.6 Å². The van der Waals surface area contributed by atoms with E-state index in [2.05, 4.69) is 5.32 Å². The van der Waals surface area contributed by atoms with Crippen LogP contribution in [-0.2, 0) is 19.1 Å². The van der Waals surface area contributed by atoms with Crippen LogP contribution in [-0.4, -0.2) is 70.4 Å². The maximum absolute atomic E-state index is 12.9. The van der Waals surface area contributed by atoms with Gasteiger partial charge in [-0.1, -0.05) is 18.2 Å². The number of carboxylic acids is 1. The van der Waals surface area contributed by atoms with Crippen LogP contribution in [0.1, 0.15) is 0 Å². The fourth-order valence-electron chi connectivity index (χ4n) is 3.14. The normalized spacial score (nSPS) is 23.7. The van der Waals surface area contributed by atoms with Crippen LogP contribution in [0.15, 0.2) is 41.6 Å². The lowest BCUT2D eigenvalue weighted by molar-refractivity contribution is -0.192. The molecule has 3 rings (SSSR count). The fraction of sp³-hybridized carbons (Fsp3) is 0.389. The zero-order valence-corrected chi connectivity index (χ0v) is 17.0. The average Bonchev–Trinajstić information content (AvgIpc) is 2.70. The zero-order valence-electron chi connectivity index (χ0n) is 15.3. The van der Waals surface area contributed by atoms with Crippen LogP contribution in [0.2, 0.25) is 0 Å². The van der Waals surface area contributed by atoms with Crippen molar-refractivity contribution >= 4 is 41.3 Å². The molecule has 28 heavy (non-hydrogen) atoms. The van der Waals surface area contributed by atoms with Crippen LogP contribution in [0.5, 0.6) is 5.75 Å². The Morgan fingerprint density at radius 2 is 2.11 bits per heavy atom. The Morgan fingerprint density at radius 1 is 1.39 bits per heavy atom. The molecule has 0 radical (unpaired) electrons. The van der Waals surface area contributed by atoms with Gasteiger partial charge in [-0.05, 0) is 24.0 Å². The Balaban J connectivity index is 1.74. The third-order valence-electron chi connectivity index (χ3n) is 4.39. The molecule has 0 aliphatic carbocycles. The highest BCUT2D eigenvalue weighted by Crippen LogP contribution is 2.46. The Hall–Kier alpha value is -2.17. The summed E-state index contributed by atoms with van der Waals surface area (Å²) in [6, 6.07) is 8.81. The molecule has 2 atom stereocenters. The van der Waals surface area contributed by atoms with Gasteiger partial charge in [0.05, 0.1) is 0 Å². The average molecular weight is 425 g/mol. The van der Waals surface area contributed by atoms with Crippen LogP contribution >= 0.6 is 23.5 Å². The lowest BCUT2D eigenvalue weighted by atomic mass is 9.98. The number of β-lactam (4-membered cyclic amide) rings is 1. The van der Waals surface area contributed by atoms with Crippen molar-refractivity contribution in [1.29, 1.82) is 0 Å². The van der Waals surface area contributed by atoms with Crippen molar-refractivity contribution in [1.82, 2.24) is 10.2 Å². The van der Waals surface area contributed by atoms with Gasteiger partial charge in [0, 0.05) is 18.6 Å². The monoisotopic (exact) mass is 424 g/mol. The number of methoxy groups -OCH3 is 1. The van der Waals surface area contributed by atoms with Crippen molar-refractivity contribution in [2.75, 3.05) is 31.5 Å². The van der Waals surface area contributed by atoms with Gasteiger partial charge in [0.1, 0.15) is 16.8 Å². The molecule has 1 aromatic carbocycles. The number of nitrogens with one attached hydrogen (secondary N) is 1. The smallest absolute Gasteiger partial charge is 0.352 e.